The Morgan fingerprint density at radius 3 is 2.79 bits per heavy atom. The molecule has 1 rings (SSSR count). The molecule has 1 heterocycles. The molecule has 0 aliphatic heterocycles. The summed E-state index contributed by atoms with van der Waals surface area (Å²) in [6.07, 6.45) is 4.57. The molecule has 106 valence electrons. The molecule has 0 aliphatic rings. The second-order valence-electron chi connectivity index (χ2n) is 5.18. The smallest absolute Gasteiger partial charge is 0.303 e. The summed E-state index contributed by atoms with van der Waals surface area (Å²) in [7, 11) is 0. The highest BCUT2D eigenvalue weighted by atomic mass is 16.4. The van der Waals surface area contributed by atoms with Crippen LogP contribution in [0.4, 0.5) is 5.82 Å². The Hall–Kier alpha value is -1.85. The number of hydrogen-bond donors (Lipinski definition) is 2. The summed E-state index contributed by atoms with van der Waals surface area (Å²) in [5.74, 6) is -0.578. The van der Waals surface area contributed by atoms with E-state index in [-0.39, 0.29) is 17.8 Å². The molecule has 0 bridgehead atoms. The van der Waals surface area contributed by atoms with Crippen molar-refractivity contribution >= 4 is 11.8 Å². The van der Waals surface area contributed by atoms with Crippen molar-refractivity contribution in [3.8, 4) is 0 Å². The zero-order chi connectivity index (χ0) is 14.5. The SMILES string of the molecule is CCCn1ccnc(NC(C)(C)CCC(=O)O)c1=O. The minimum atomic E-state index is -0.848. The molecule has 0 aliphatic carbocycles. The van der Waals surface area contributed by atoms with Crippen LogP contribution in [0.15, 0.2) is 17.2 Å². The molecule has 6 nitrogen and oxygen atoms in total. The number of carbonyl (C=O) groups is 1. The number of hydrogen-bond acceptors (Lipinski definition) is 4. The van der Waals surface area contributed by atoms with Gasteiger partial charge < -0.3 is 15.0 Å². The number of nitrogens with zero attached hydrogens (tertiary/aromatic N) is 2. The van der Waals surface area contributed by atoms with E-state index in [4.69, 9.17) is 5.11 Å². The average molecular weight is 267 g/mol. The van der Waals surface area contributed by atoms with E-state index in [1.807, 2.05) is 20.8 Å². The Kier molecular flexibility index (Phi) is 5.09. The largest absolute Gasteiger partial charge is 0.481 e. The molecule has 0 saturated heterocycles. The van der Waals surface area contributed by atoms with Gasteiger partial charge in [0.1, 0.15) is 0 Å². The van der Waals surface area contributed by atoms with E-state index in [1.165, 1.54) is 0 Å². The third kappa shape index (κ3) is 4.73. The van der Waals surface area contributed by atoms with Crippen molar-refractivity contribution in [2.45, 2.75) is 52.1 Å². The first-order valence-corrected chi connectivity index (χ1v) is 6.41. The molecule has 1 aromatic heterocycles. The van der Waals surface area contributed by atoms with Crippen LogP contribution in [0.3, 0.4) is 0 Å². The lowest BCUT2D eigenvalue weighted by atomic mass is 9.98. The van der Waals surface area contributed by atoms with Gasteiger partial charge in [-0.3, -0.25) is 9.59 Å². The van der Waals surface area contributed by atoms with Crippen molar-refractivity contribution in [3.63, 3.8) is 0 Å². The van der Waals surface area contributed by atoms with E-state index < -0.39 is 11.5 Å². The highest BCUT2D eigenvalue weighted by molar-refractivity contribution is 5.66. The maximum Gasteiger partial charge on any atom is 0.303 e. The van der Waals surface area contributed by atoms with Crippen molar-refractivity contribution < 1.29 is 9.90 Å². The van der Waals surface area contributed by atoms with Crippen LogP contribution in [-0.2, 0) is 11.3 Å². The first-order valence-electron chi connectivity index (χ1n) is 6.41. The molecule has 1 aromatic rings. The maximum atomic E-state index is 12.1. The van der Waals surface area contributed by atoms with Gasteiger partial charge in [0.05, 0.1) is 0 Å². The second-order valence-corrected chi connectivity index (χ2v) is 5.18. The molecule has 0 aromatic carbocycles. The van der Waals surface area contributed by atoms with E-state index in [9.17, 15) is 9.59 Å². The summed E-state index contributed by atoms with van der Waals surface area (Å²) in [5.41, 5.74) is -0.664. The number of aliphatic carboxylic acids is 1. The van der Waals surface area contributed by atoms with Crippen LogP contribution < -0.4 is 10.9 Å². The third-order valence-electron chi connectivity index (χ3n) is 2.80. The maximum absolute atomic E-state index is 12.1. The fourth-order valence-electron chi connectivity index (χ4n) is 1.75. The Balaban J connectivity index is 2.84. The van der Waals surface area contributed by atoms with Crippen LogP contribution in [0, 0.1) is 0 Å². The molecule has 0 amide bonds. The standard InChI is InChI=1S/C13H21N3O3/c1-4-8-16-9-7-14-11(12(16)19)15-13(2,3)6-5-10(17)18/h7,9H,4-6,8H2,1-3H3,(H,14,15)(H,17,18). The van der Waals surface area contributed by atoms with Gasteiger partial charge in [-0.05, 0) is 26.7 Å². The molecular formula is C13H21N3O3. The zero-order valence-electron chi connectivity index (χ0n) is 11.6. The Morgan fingerprint density at radius 1 is 1.53 bits per heavy atom. The summed E-state index contributed by atoms with van der Waals surface area (Å²) in [5, 5.41) is 11.7. The number of carboxylic acid groups (broad SMARTS) is 1. The van der Waals surface area contributed by atoms with E-state index in [0.29, 0.717) is 13.0 Å². The Morgan fingerprint density at radius 2 is 2.21 bits per heavy atom. The Labute approximate surface area is 112 Å². The van der Waals surface area contributed by atoms with Crippen molar-refractivity contribution in [1.82, 2.24) is 9.55 Å². The van der Waals surface area contributed by atoms with Gasteiger partial charge in [-0.1, -0.05) is 6.92 Å². The molecule has 0 atom stereocenters. The van der Waals surface area contributed by atoms with Crippen LogP contribution >= 0.6 is 0 Å². The number of aromatic nitrogens is 2. The molecule has 2 N–H and O–H groups in total. The number of aryl methyl sites for hydroxylation is 1. The predicted molar refractivity (Wildman–Crippen MR) is 73.4 cm³/mol. The molecular weight excluding hydrogens is 246 g/mol. The van der Waals surface area contributed by atoms with Gasteiger partial charge in [-0.25, -0.2) is 4.98 Å². The third-order valence-corrected chi connectivity index (χ3v) is 2.80. The molecule has 0 unspecified atom stereocenters. The highest BCUT2D eigenvalue weighted by Crippen LogP contribution is 2.15. The topological polar surface area (TPSA) is 84.2 Å². The quantitative estimate of drug-likeness (QED) is 0.785. The van der Waals surface area contributed by atoms with Crippen LogP contribution in [0.5, 0.6) is 0 Å². The number of anilines is 1. The van der Waals surface area contributed by atoms with Crippen molar-refractivity contribution in [2.24, 2.45) is 0 Å². The van der Waals surface area contributed by atoms with Gasteiger partial charge >= 0.3 is 5.97 Å². The summed E-state index contributed by atoms with van der Waals surface area (Å²) < 4.78 is 1.60. The van der Waals surface area contributed by atoms with E-state index in [1.54, 1.807) is 17.0 Å². The zero-order valence-corrected chi connectivity index (χ0v) is 11.6. The average Bonchev–Trinajstić information content (AvgIpc) is 2.32. The van der Waals surface area contributed by atoms with E-state index in [2.05, 4.69) is 10.3 Å². The molecule has 6 heteroatoms. The van der Waals surface area contributed by atoms with Gasteiger partial charge in [-0.15, -0.1) is 0 Å². The van der Waals surface area contributed by atoms with Crippen molar-refractivity contribution in [3.05, 3.63) is 22.7 Å². The first-order chi connectivity index (χ1) is 8.85. The molecule has 19 heavy (non-hydrogen) atoms. The fraction of sp³-hybridized carbons (Fsp3) is 0.615. The minimum absolute atomic E-state index is 0.0516. The second kappa shape index (κ2) is 6.36. The van der Waals surface area contributed by atoms with Gasteiger partial charge in [0.25, 0.3) is 5.56 Å². The molecule has 0 fully saturated rings. The summed E-state index contributed by atoms with van der Waals surface area (Å²) in [6.45, 7) is 6.35. The van der Waals surface area contributed by atoms with Crippen molar-refractivity contribution in [1.29, 1.82) is 0 Å². The van der Waals surface area contributed by atoms with Gasteiger partial charge in [0.15, 0.2) is 5.82 Å². The normalized spacial score (nSPS) is 11.3. The first kappa shape index (κ1) is 15.2. The van der Waals surface area contributed by atoms with Gasteiger partial charge in [0, 0.05) is 30.9 Å². The summed E-state index contributed by atoms with van der Waals surface area (Å²) in [4.78, 5) is 26.7. The fourth-order valence-corrected chi connectivity index (χ4v) is 1.75. The lowest BCUT2D eigenvalue weighted by molar-refractivity contribution is -0.137. The highest BCUT2D eigenvalue weighted by Gasteiger charge is 2.21. The Bertz CT molecular complexity index is 494. The summed E-state index contributed by atoms with van der Waals surface area (Å²) >= 11 is 0. The lowest BCUT2D eigenvalue weighted by Crippen LogP contribution is -2.36. The molecule has 0 spiro atoms. The van der Waals surface area contributed by atoms with Crippen molar-refractivity contribution in [2.75, 3.05) is 5.32 Å². The van der Waals surface area contributed by atoms with Crippen LogP contribution in [0.1, 0.15) is 40.0 Å². The monoisotopic (exact) mass is 267 g/mol. The molecule has 0 saturated carbocycles. The number of rotatable bonds is 7. The van der Waals surface area contributed by atoms with E-state index >= 15 is 0 Å². The minimum Gasteiger partial charge on any atom is -0.481 e. The van der Waals surface area contributed by atoms with Crippen LogP contribution in [-0.4, -0.2) is 26.2 Å². The summed E-state index contributed by atoms with van der Waals surface area (Å²) in [6, 6.07) is 0. The van der Waals surface area contributed by atoms with Gasteiger partial charge in [-0.2, -0.15) is 0 Å². The van der Waals surface area contributed by atoms with E-state index in [0.717, 1.165) is 6.42 Å². The molecule has 0 radical (unpaired) electrons. The number of carboxylic acids is 1. The predicted octanol–water partition coefficient (Wildman–Crippen LogP) is 1.71. The lowest BCUT2D eigenvalue weighted by Gasteiger charge is -2.26. The van der Waals surface area contributed by atoms with Crippen LogP contribution in [0.25, 0.3) is 0 Å². The number of nitrogens with one attached hydrogen (secondary N) is 1. The van der Waals surface area contributed by atoms with Gasteiger partial charge in [0.2, 0.25) is 0 Å². The van der Waals surface area contributed by atoms with Crippen LogP contribution in [0.2, 0.25) is 0 Å².